The lowest BCUT2D eigenvalue weighted by Gasteiger charge is -2.20. The lowest BCUT2D eigenvalue weighted by atomic mass is 10.1. The average Bonchev–Trinajstić information content (AvgIpc) is 2.32. The van der Waals surface area contributed by atoms with Gasteiger partial charge in [-0.05, 0) is 46.2 Å². The smallest absolute Gasteiger partial charge is 0.225 e. The number of aryl methyl sites for hydroxylation is 2. The van der Waals surface area contributed by atoms with Crippen LogP contribution in [0, 0.1) is 13.8 Å². The topological polar surface area (TPSA) is 90.0 Å². The van der Waals surface area contributed by atoms with Crippen LogP contribution in [0.1, 0.15) is 37.6 Å². The van der Waals surface area contributed by atoms with Crippen molar-refractivity contribution in [3.8, 4) is 5.88 Å². The maximum atomic E-state index is 8.84. The van der Waals surface area contributed by atoms with Crippen LogP contribution < -0.4 is 10.5 Å². The van der Waals surface area contributed by atoms with Crippen LogP contribution in [-0.2, 0) is 4.74 Å². The second-order valence-electron chi connectivity index (χ2n) is 5.56. The van der Waals surface area contributed by atoms with E-state index in [1.165, 1.54) is 0 Å². The van der Waals surface area contributed by atoms with Gasteiger partial charge in [0.15, 0.2) is 5.84 Å². The Morgan fingerprint density at radius 1 is 1.35 bits per heavy atom. The van der Waals surface area contributed by atoms with Crippen LogP contribution in [0.5, 0.6) is 5.88 Å². The second-order valence-corrected chi connectivity index (χ2v) is 5.56. The van der Waals surface area contributed by atoms with Gasteiger partial charge in [0.05, 0.1) is 17.8 Å². The van der Waals surface area contributed by atoms with Gasteiger partial charge in [0.1, 0.15) is 6.61 Å². The molecule has 1 aromatic heterocycles. The van der Waals surface area contributed by atoms with E-state index in [1.54, 1.807) is 0 Å². The van der Waals surface area contributed by atoms with Gasteiger partial charge in [0, 0.05) is 5.69 Å². The van der Waals surface area contributed by atoms with Gasteiger partial charge < -0.3 is 20.4 Å². The predicted octanol–water partition coefficient (Wildman–Crippen LogP) is 1.99. The molecule has 0 aromatic carbocycles. The maximum absolute atomic E-state index is 8.84. The van der Waals surface area contributed by atoms with Crippen molar-refractivity contribution in [3.63, 3.8) is 0 Å². The number of ether oxygens (including phenoxy) is 2. The average molecular weight is 281 g/mol. The van der Waals surface area contributed by atoms with E-state index in [9.17, 15) is 0 Å². The molecule has 6 nitrogen and oxygen atoms in total. The van der Waals surface area contributed by atoms with Gasteiger partial charge in [-0.15, -0.1) is 0 Å². The summed E-state index contributed by atoms with van der Waals surface area (Å²) in [7, 11) is 0. The van der Waals surface area contributed by atoms with Crippen molar-refractivity contribution in [1.29, 1.82) is 0 Å². The first kappa shape index (κ1) is 16.2. The van der Waals surface area contributed by atoms with Crippen LogP contribution in [0.25, 0.3) is 0 Å². The van der Waals surface area contributed by atoms with Gasteiger partial charge in [0.2, 0.25) is 5.88 Å². The lowest BCUT2D eigenvalue weighted by molar-refractivity contribution is -0.0168. The molecule has 0 bridgehead atoms. The minimum absolute atomic E-state index is 0.0123. The van der Waals surface area contributed by atoms with Crippen molar-refractivity contribution in [1.82, 2.24) is 4.98 Å². The normalized spacial score (nSPS) is 12.6. The van der Waals surface area contributed by atoms with Crippen molar-refractivity contribution >= 4 is 5.84 Å². The van der Waals surface area contributed by atoms with Gasteiger partial charge in [-0.3, -0.25) is 0 Å². The van der Waals surface area contributed by atoms with Crippen LogP contribution >= 0.6 is 0 Å². The highest BCUT2D eigenvalue weighted by molar-refractivity contribution is 6.00. The number of hydrogen-bond donors (Lipinski definition) is 2. The van der Waals surface area contributed by atoms with E-state index in [1.807, 2.05) is 40.7 Å². The Kier molecular flexibility index (Phi) is 5.33. The van der Waals surface area contributed by atoms with Crippen molar-refractivity contribution in [3.05, 3.63) is 22.9 Å². The van der Waals surface area contributed by atoms with Crippen LogP contribution in [0.4, 0.5) is 0 Å². The molecule has 0 radical (unpaired) electrons. The molecule has 112 valence electrons. The van der Waals surface area contributed by atoms with E-state index >= 15 is 0 Å². The third-order valence-corrected chi connectivity index (χ3v) is 2.53. The van der Waals surface area contributed by atoms with E-state index < -0.39 is 0 Å². The van der Waals surface area contributed by atoms with Gasteiger partial charge in [-0.1, -0.05) is 5.16 Å². The number of nitrogens with two attached hydrogens (primary N) is 1. The number of hydrogen-bond acceptors (Lipinski definition) is 5. The third kappa shape index (κ3) is 4.70. The molecule has 0 spiro atoms. The van der Waals surface area contributed by atoms with Crippen molar-refractivity contribution in [2.75, 3.05) is 13.2 Å². The Hall–Kier alpha value is -1.82. The number of nitrogens with zero attached hydrogens (tertiary/aromatic N) is 2. The fraction of sp³-hybridized carbons (Fsp3) is 0.571. The van der Waals surface area contributed by atoms with E-state index in [-0.39, 0.29) is 11.4 Å². The summed E-state index contributed by atoms with van der Waals surface area (Å²) in [5.41, 5.74) is 7.62. The van der Waals surface area contributed by atoms with Crippen molar-refractivity contribution < 1.29 is 14.7 Å². The molecule has 0 atom stereocenters. The van der Waals surface area contributed by atoms with Crippen molar-refractivity contribution in [2.24, 2.45) is 10.9 Å². The summed E-state index contributed by atoms with van der Waals surface area (Å²) in [6, 6.07) is 1.85. The SMILES string of the molecule is Cc1cc(C)c(/C(N)=N/O)c(OCCOC(C)(C)C)n1. The van der Waals surface area contributed by atoms with Crippen LogP contribution in [-0.4, -0.2) is 34.8 Å². The fourth-order valence-corrected chi connectivity index (χ4v) is 1.75. The van der Waals surface area contributed by atoms with Crippen LogP contribution in [0.15, 0.2) is 11.2 Å². The molecular weight excluding hydrogens is 258 g/mol. The molecule has 1 aromatic rings. The molecule has 0 saturated heterocycles. The Bertz CT molecular complexity index is 493. The number of aromatic nitrogens is 1. The minimum atomic E-state index is -0.215. The molecule has 0 aliphatic heterocycles. The molecule has 0 unspecified atom stereocenters. The molecule has 0 aliphatic carbocycles. The summed E-state index contributed by atoms with van der Waals surface area (Å²) in [5.74, 6) is 0.344. The molecule has 0 fully saturated rings. The summed E-state index contributed by atoms with van der Waals surface area (Å²) >= 11 is 0. The summed E-state index contributed by atoms with van der Waals surface area (Å²) in [6.07, 6.45) is 0. The second kappa shape index (κ2) is 6.56. The molecule has 0 aliphatic rings. The highest BCUT2D eigenvalue weighted by Crippen LogP contribution is 2.20. The molecule has 0 amide bonds. The highest BCUT2D eigenvalue weighted by atomic mass is 16.5. The van der Waals surface area contributed by atoms with E-state index in [0.29, 0.717) is 24.7 Å². The van der Waals surface area contributed by atoms with Gasteiger partial charge in [-0.2, -0.15) is 0 Å². The van der Waals surface area contributed by atoms with E-state index in [4.69, 9.17) is 20.4 Å². The lowest BCUT2D eigenvalue weighted by Crippen LogP contribution is -2.23. The standard InChI is InChI=1S/C14H23N3O3/c1-9-8-10(2)16-13(11(9)12(15)17-18)19-6-7-20-14(3,4)5/h8,18H,6-7H2,1-5H3,(H2,15,17). The monoisotopic (exact) mass is 281 g/mol. The van der Waals surface area contributed by atoms with Crippen LogP contribution in [0.3, 0.4) is 0 Å². The zero-order valence-electron chi connectivity index (χ0n) is 12.7. The zero-order valence-corrected chi connectivity index (χ0v) is 12.7. The first-order valence-corrected chi connectivity index (χ1v) is 6.47. The summed E-state index contributed by atoms with van der Waals surface area (Å²) < 4.78 is 11.2. The molecular formula is C14H23N3O3. The molecule has 1 heterocycles. The molecule has 0 saturated carbocycles. The summed E-state index contributed by atoms with van der Waals surface area (Å²) in [6.45, 7) is 10.4. The van der Waals surface area contributed by atoms with Crippen LogP contribution in [0.2, 0.25) is 0 Å². The predicted molar refractivity (Wildman–Crippen MR) is 77.4 cm³/mol. The quantitative estimate of drug-likeness (QED) is 0.283. The molecule has 3 N–H and O–H groups in total. The first-order valence-electron chi connectivity index (χ1n) is 6.47. The van der Waals surface area contributed by atoms with Gasteiger partial charge in [0.25, 0.3) is 0 Å². The maximum Gasteiger partial charge on any atom is 0.225 e. The van der Waals surface area contributed by atoms with E-state index in [0.717, 1.165) is 11.3 Å². The Morgan fingerprint density at radius 2 is 2.00 bits per heavy atom. The Labute approximate surface area is 119 Å². The number of pyridine rings is 1. The zero-order chi connectivity index (χ0) is 15.3. The van der Waals surface area contributed by atoms with Crippen molar-refractivity contribution in [2.45, 2.75) is 40.2 Å². The molecule has 20 heavy (non-hydrogen) atoms. The Morgan fingerprint density at radius 3 is 2.55 bits per heavy atom. The summed E-state index contributed by atoms with van der Waals surface area (Å²) in [5, 5.41) is 11.9. The molecule has 1 rings (SSSR count). The molecule has 6 heteroatoms. The largest absolute Gasteiger partial charge is 0.475 e. The Balaban J connectivity index is 2.83. The highest BCUT2D eigenvalue weighted by Gasteiger charge is 2.15. The van der Waals surface area contributed by atoms with Gasteiger partial charge >= 0.3 is 0 Å². The summed E-state index contributed by atoms with van der Waals surface area (Å²) in [4.78, 5) is 4.29. The first-order chi connectivity index (χ1) is 9.24. The minimum Gasteiger partial charge on any atom is -0.475 e. The third-order valence-electron chi connectivity index (χ3n) is 2.53. The number of amidine groups is 1. The van der Waals surface area contributed by atoms with Gasteiger partial charge in [-0.25, -0.2) is 4.98 Å². The number of rotatable bonds is 5. The van der Waals surface area contributed by atoms with E-state index in [2.05, 4.69) is 10.1 Å². The number of oxime groups is 1. The fourth-order valence-electron chi connectivity index (χ4n) is 1.75.